The number of thiazole rings is 1. The average Bonchev–Trinajstić information content (AvgIpc) is 3.27. The van der Waals surface area contributed by atoms with Gasteiger partial charge in [-0.3, -0.25) is 19.4 Å². The number of hydrogen-bond acceptors (Lipinski definition) is 5. The molecule has 130 valence electrons. The van der Waals surface area contributed by atoms with E-state index < -0.39 is 5.82 Å². The Bertz CT molecular complexity index is 1080. The zero-order chi connectivity index (χ0) is 18.1. The van der Waals surface area contributed by atoms with Gasteiger partial charge in [0.25, 0.3) is 5.91 Å². The lowest BCUT2D eigenvalue weighted by molar-refractivity contribution is 0.0975. The van der Waals surface area contributed by atoms with E-state index in [2.05, 4.69) is 15.1 Å². The van der Waals surface area contributed by atoms with Crippen LogP contribution in [-0.4, -0.2) is 25.7 Å². The molecule has 6 nitrogen and oxygen atoms in total. The zero-order valence-electron chi connectivity index (χ0n) is 13.8. The minimum Gasteiger partial charge on any atom is -0.277 e. The minimum absolute atomic E-state index is 0.228. The molecule has 0 N–H and O–H groups in total. The van der Waals surface area contributed by atoms with Gasteiger partial charge in [0.05, 0.1) is 16.9 Å². The molecule has 0 spiro atoms. The van der Waals surface area contributed by atoms with Gasteiger partial charge >= 0.3 is 0 Å². The molecule has 3 aromatic heterocycles. The second-order valence-corrected chi connectivity index (χ2v) is 6.64. The van der Waals surface area contributed by atoms with Crippen molar-refractivity contribution in [2.75, 3.05) is 4.90 Å². The quantitative estimate of drug-likeness (QED) is 0.554. The lowest BCUT2D eigenvalue weighted by Crippen LogP contribution is -2.32. The first-order valence-corrected chi connectivity index (χ1v) is 8.70. The predicted molar refractivity (Wildman–Crippen MR) is 97.5 cm³/mol. The summed E-state index contributed by atoms with van der Waals surface area (Å²) in [5.41, 5.74) is 1.39. The van der Waals surface area contributed by atoms with Gasteiger partial charge in [-0.25, -0.2) is 9.37 Å². The van der Waals surface area contributed by atoms with E-state index in [0.717, 1.165) is 0 Å². The number of hydrogen-bond donors (Lipinski definition) is 0. The molecule has 0 radical (unpaired) electrons. The summed E-state index contributed by atoms with van der Waals surface area (Å²) < 4.78 is 16.2. The molecule has 0 atom stereocenters. The van der Waals surface area contributed by atoms with Gasteiger partial charge in [0.1, 0.15) is 17.0 Å². The monoisotopic (exact) mass is 367 g/mol. The van der Waals surface area contributed by atoms with Crippen LogP contribution in [0.5, 0.6) is 0 Å². The smallest absolute Gasteiger partial charge is 0.277 e. The van der Waals surface area contributed by atoms with Crippen molar-refractivity contribution < 1.29 is 9.18 Å². The molecule has 8 heteroatoms. The van der Waals surface area contributed by atoms with Crippen LogP contribution < -0.4 is 4.90 Å². The van der Waals surface area contributed by atoms with E-state index in [1.165, 1.54) is 27.0 Å². The van der Waals surface area contributed by atoms with Crippen LogP contribution in [0.3, 0.4) is 0 Å². The van der Waals surface area contributed by atoms with E-state index in [4.69, 9.17) is 0 Å². The van der Waals surface area contributed by atoms with Crippen LogP contribution in [-0.2, 0) is 13.6 Å². The van der Waals surface area contributed by atoms with Gasteiger partial charge in [-0.15, -0.1) is 0 Å². The lowest BCUT2D eigenvalue weighted by Gasteiger charge is -2.19. The van der Waals surface area contributed by atoms with Gasteiger partial charge in [-0.2, -0.15) is 5.10 Å². The van der Waals surface area contributed by atoms with Gasteiger partial charge in [-0.05, 0) is 30.3 Å². The number of fused-ring (bicyclic) bond motifs is 1. The first kappa shape index (κ1) is 16.3. The Labute approximate surface area is 152 Å². The molecular weight excluding hydrogens is 353 g/mol. The lowest BCUT2D eigenvalue weighted by atomic mass is 10.3. The zero-order valence-corrected chi connectivity index (χ0v) is 14.7. The van der Waals surface area contributed by atoms with E-state index in [1.807, 2.05) is 18.2 Å². The second-order valence-electron chi connectivity index (χ2n) is 5.64. The Balaban J connectivity index is 1.80. The maximum absolute atomic E-state index is 14.0. The van der Waals surface area contributed by atoms with Crippen molar-refractivity contribution in [1.82, 2.24) is 19.7 Å². The summed E-state index contributed by atoms with van der Waals surface area (Å²) in [5.74, 6) is -0.675. The van der Waals surface area contributed by atoms with Gasteiger partial charge in [0.15, 0.2) is 5.13 Å². The minimum atomic E-state index is -0.407. The van der Waals surface area contributed by atoms with Gasteiger partial charge in [-0.1, -0.05) is 23.5 Å². The first-order chi connectivity index (χ1) is 12.6. The number of pyridine rings is 1. The van der Waals surface area contributed by atoms with E-state index in [1.54, 1.807) is 37.6 Å². The molecule has 0 aliphatic carbocycles. The molecule has 0 saturated carbocycles. The van der Waals surface area contributed by atoms with Crippen molar-refractivity contribution in [2.24, 2.45) is 7.05 Å². The normalized spacial score (nSPS) is 11.0. The number of anilines is 1. The number of carbonyl (C=O) groups is 1. The van der Waals surface area contributed by atoms with E-state index in [0.29, 0.717) is 21.2 Å². The van der Waals surface area contributed by atoms with Crippen LogP contribution in [0, 0.1) is 5.82 Å². The van der Waals surface area contributed by atoms with Crippen molar-refractivity contribution in [3.05, 3.63) is 72.1 Å². The number of halogens is 1. The third-order valence-electron chi connectivity index (χ3n) is 3.92. The van der Waals surface area contributed by atoms with Crippen molar-refractivity contribution in [3.8, 4) is 0 Å². The van der Waals surface area contributed by atoms with E-state index in [9.17, 15) is 9.18 Å². The fraction of sp³-hybridized carbons (Fsp3) is 0.111. The van der Waals surface area contributed by atoms with Crippen LogP contribution in [0.1, 0.15) is 16.2 Å². The Morgan fingerprint density at radius 1 is 1.19 bits per heavy atom. The highest BCUT2D eigenvalue weighted by Gasteiger charge is 2.24. The fourth-order valence-corrected chi connectivity index (χ4v) is 3.60. The molecule has 0 unspecified atom stereocenters. The molecular formula is C18H14FN5OS. The van der Waals surface area contributed by atoms with Crippen LogP contribution in [0.15, 0.2) is 54.9 Å². The third-order valence-corrected chi connectivity index (χ3v) is 4.96. The van der Waals surface area contributed by atoms with E-state index in [-0.39, 0.29) is 18.0 Å². The van der Waals surface area contributed by atoms with Crippen LogP contribution in [0.4, 0.5) is 9.52 Å². The number of nitrogens with zero attached hydrogens (tertiary/aromatic N) is 5. The molecule has 0 bridgehead atoms. The Morgan fingerprint density at radius 2 is 2.08 bits per heavy atom. The molecule has 26 heavy (non-hydrogen) atoms. The molecule has 0 aliphatic heterocycles. The Hall–Kier alpha value is -3.13. The third kappa shape index (κ3) is 2.95. The fourth-order valence-electron chi connectivity index (χ4n) is 2.62. The van der Waals surface area contributed by atoms with E-state index >= 15 is 0 Å². The largest absolute Gasteiger partial charge is 0.278 e. The summed E-state index contributed by atoms with van der Waals surface area (Å²) >= 11 is 1.27. The summed E-state index contributed by atoms with van der Waals surface area (Å²) in [7, 11) is 1.70. The standard InChI is InChI=1S/C18H14FN5OS/c1-23-14(8-10-21-23)17(25)24(11-12-5-2-3-9-20-12)18-22-16-13(19)6-4-7-15(16)26-18/h2-10H,11H2,1H3. The molecule has 4 rings (SSSR count). The van der Waals surface area contributed by atoms with Crippen molar-refractivity contribution in [2.45, 2.75) is 6.54 Å². The maximum atomic E-state index is 14.0. The highest BCUT2D eigenvalue weighted by molar-refractivity contribution is 7.22. The molecule has 1 aromatic carbocycles. The summed E-state index contributed by atoms with van der Waals surface area (Å²) in [6.45, 7) is 0.228. The van der Waals surface area contributed by atoms with Crippen LogP contribution >= 0.6 is 11.3 Å². The summed E-state index contributed by atoms with van der Waals surface area (Å²) in [5, 5.41) is 4.47. The molecule has 4 aromatic rings. The average molecular weight is 367 g/mol. The number of aromatic nitrogens is 4. The molecule has 1 amide bonds. The highest BCUT2D eigenvalue weighted by Crippen LogP contribution is 2.31. The predicted octanol–water partition coefficient (Wildman–Crippen LogP) is 3.41. The summed E-state index contributed by atoms with van der Waals surface area (Å²) in [6.07, 6.45) is 3.23. The Kier molecular flexibility index (Phi) is 4.18. The van der Waals surface area contributed by atoms with Gasteiger partial charge in [0, 0.05) is 19.4 Å². The molecule has 0 aliphatic rings. The second kappa shape index (κ2) is 6.64. The summed E-state index contributed by atoms with van der Waals surface area (Å²) in [4.78, 5) is 23.3. The number of benzene rings is 1. The molecule has 0 saturated heterocycles. The van der Waals surface area contributed by atoms with Crippen molar-refractivity contribution in [3.63, 3.8) is 0 Å². The number of para-hydroxylation sites is 1. The highest BCUT2D eigenvalue weighted by atomic mass is 32.1. The topological polar surface area (TPSA) is 63.9 Å². The maximum Gasteiger partial charge on any atom is 0.278 e. The SMILES string of the molecule is Cn1nccc1C(=O)N(Cc1ccccn1)c1nc2c(F)cccc2s1. The Morgan fingerprint density at radius 3 is 2.77 bits per heavy atom. The number of amides is 1. The van der Waals surface area contributed by atoms with Gasteiger partial charge < -0.3 is 0 Å². The van der Waals surface area contributed by atoms with Gasteiger partial charge in [0.2, 0.25) is 0 Å². The van der Waals surface area contributed by atoms with Crippen LogP contribution in [0.25, 0.3) is 10.2 Å². The number of carbonyl (C=O) groups excluding carboxylic acids is 1. The van der Waals surface area contributed by atoms with Crippen molar-refractivity contribution >= 4 is 32.6 Å². The molecule has 3 heterocycles. The van der Waals surface area contributed by atoms with Crippen LogP contribution in [0.2, 0.25) is 0 Å². The molecule has 0 fully saturated rings. The first-order valence-electron chi connectivity index (χ1n) is 7.88. The summed E-state index contributed by atoms with van der Waals surface area (Å²) in [6, 6.07) is 11.9. The number of rotatable bonds is 4. The number of aryl methyl sites for hydroxylation is 1. The van der Waals surface area contributed by atoms with Crippen molar-refractivity contribution in [1.29, 1.82) is 0 Å².